The van der Waals surface area contributed by atoms with Crippen molar-refractivity contribution in [2.24, 2.45) is 0 Å². The second-order valence-corrected chi connectivity index (χ2v) is 0.802. The molecule has 0 saturated heterocycles. The van der Waals surface area contributed by atoms with Crippen LogP contribution in [0, 0.1) is 0 Å². The van der Waals surface area contributed by atoms with Gasteiger partial charge in [-0.3, -0.25) is 9.41 Å². The first kappa shape index (κ1) is 19.2. The average Bonchev–Trinajstić information content (AvgIpc) is 0.918. The molecule has 0 radical (unpaired) electrons. The van der Waals surface area contributed by atoms with Gasteiger partial charge in [-0.05, 0) is 0 Å². The molecule has 0 bridgehead atoms. The monoisotopic (exact) mass is 104 g/mol. The van der Waals surface area contributed by atoms with Crippen LogP contribution in [0.1, 0.15) is 6.92 Å². The van der Waals surface area contributed by atoms with E-state index in [9.17, 15) is 0 Å². The Balaban J connectivity index is -0.0000000200. The summed E-state index contributed by atoms with van der Waals surface area (Å²) in [6, 6.07) is 0. The second-order valence-electron chi connectivity index (χ2n) is 0.267. The van der Waals surface area contributed by atoms with Crippen LogP contribution in [0.15, 0.2) is 0 Å². The fourth-order valence-corrected chi connectivity index (χ4v) is 0. The molecule has 0 fully saturated rings. The number of hydrogen-bond donors (Lipinski definition) is 0. The Hall–Kier alpha value is 0.150. The second kappa shape index (κ2) is 31.1. The summed E-state index contributed by atoms with van der Waals surface area (Å²) in [7, 11) is 0. The van der Waals surface area contributed by atoms with Crippen molar-refractivity contribution in [1.29, 1.82) is 0 Å². The van der Waals surface area contributed by atoms with Gasteiger partial charge in [-0.25, -0.2) is 0 Å². The largest absolute Gasteiger partial charge is 0.269 e. The lowest BCUT2D eigenvalue weighted by Gasteiger charge is -1.45. The lowest BCUT2D eigenvalue weighted by atomic mass is 11.0. The zero-order valence-electron chi connectivity index (χ0n) is 2.90. The molecule has 0 aromatic heterocycles. The van der Waals surface area contributed by atoms with Crippen molar-refractivity contribution >= 4 is 11.6 Å². The molecule has 0 N–H and O–H groups in total. The maximum Gasteiger partial charge on any atom is 0.0195 e. The first-order valence-corrected chi connectivity index (χ1v) is 1.51. The molecule has 0 rings (SSSR count). The van der Waals surface area contributed by atoms with Gasteiger partial charge >= 0.3 is 0 Å². The molecule has 0 aliphatic heterocycles. The molecule has 0 spiro atoms. The summed E-state index contributed by atoms with van der Waals surface area (Å²) in [5.41, 5.74) is 0. The summed E-state index contributed by atoms with van der Waals surface area (Å²) in [6.07, 6.45) is 0. The number of halogens is 3. The summed E-state index contributed by atoms with van der Waals surface area (Å²) in [5, 5.41) is 0. The van der Waals surface area contributed by atoms with Gasteiger partial charge in [0.05, 0.1) is 0 Å². The molecule has 5 heavy (non-hydrogen) atoms. The van der Waals surface area contributed by atoms with Gasteiger partial charge in [0, 0.05) is 5.88 Å². The molecule has 0 aliphatic carbocycles. The Bertz CT molecular complexity index is 7.61. The molecular formula is C2H7ClF2. The molecule has 36 valence electrons. The first-order chi connectivity index (χ1) is 1.41. The van der Waals surface area contributed by atoms with Gasteiger partial charge in [-0.2, -0.15) is 0 Å². The third kappa shape index (κ3) is 853. The lowest BCUT2D eigenvalue weighted by Crippen LogP contribution is -1.36. The van der Waals surface area contributed by atoms with E-state index in [2.05, 4.69) is 0 Å². The van der Waals surface area contributed by atoms with Crippen LogP contribution >= 0.6 is 11.6 Å². The highest BCUT2D eigenvalue weighted by Gasteiger charge is 1.38. The van der Waals surface area contributed by atoms with Crippen molar-refractivity contribution in [1.82, 2.24) is 0 Å². The molecule has 0 aromatic carbocycles. The molecular weight excluding hydrogens is 97.5 g/mol. The van der Waals surface area contributed by atoms with Gasteiger partial charge in [0.15, 0.2) is 0 Å². The van der Waals surface area contributed by atoms with E-state index in [0.717, 1.165) is 5.88 Å². The summed E-state index contributed by atoms with van der Waals surface area (Å²) in [6.45, 7) is 1.89. The summed E-state index contributed by atoms with van der Waals surface area (Å²) >= 11 is 5.00. The van der Waals surface area contributed by atoms with Crippen LogP contribution in [-0.4, -0.2) is 5.88 Å². The van der Waals surface area contributed by atoms with Crippen molar-refractivity contribution in [3.63, 3.8) is 0 Å². The summed E-state index contributed by atoms with van der Waals surface area (Å²) < 4.78 is 0. The molecule has 0 aromatic rings. The maximum atomic E-state index is 5.00. The average molecular weight is 105 g/mol. The van der Waals surface area contributed by atoms with Gasteiger partial charge in [-0.15, -0.1) is 11.6 Å². The normalized spacial score (nSPS) is 3.60. The van der Waals surface area contributed by atoms with E-state index in [4.69, 9.17) is 11.6 Å². The Morgan fingerprint density at radius 2 is 1.40 bits per heavy atom. The van der Waals surface area contributed by atoms with Crippen LogP contribution in [0.5, 0.6) is 0 Å². The zero-order valence-corrected chi connectivity index (χ0v) is 3.66. The highest BCUT2D eigenvalue weighted by molar-refractivity contribution is 6.17. The molecule has 0 amide bonds. The van der Waals surface area contributed by atoms with Gasteiger partial charge < -0.3 is 0 Å². The Morgan fingerprint density at radius 3 is 1.40 bits per heavy atom. The molecule has 0 heterocycles. The van der Waals surface area contributed by atoms with E-state index >= 15 is 0 Å². The Kier molecular flexibility index (Phi) is 119. The Morgan fingerprint density at radius 1 is 1.40 bits per heavy atom. The van der Waals surface area contributed by atoms with Crippen molar-refractivity contribution in [3.8, 4) is 0 Å². The smallest absolute Gasteiger partial charge is 0.0195 e. The van der Waals surface area contributed by atoms with Gasteiger partial charge in [0.2, 0.25) is 0 Å². The molecule has 0 saturated carbocycles. The molecule has 3 heteroatoms. The minimum Gasteiger partial charge on any atom is -0.269 e. The van der Waals surface area contributed by atoms with Crippen molar-refractivity contribution in [2.45, 2.75) is 6.92 Å². The number of hydrogen-bond acceptors (Lipinski definition) is 0. The summed E-state index contributed by atoms with van der Waals surface area (Å²) in [4.78, 5) is 0. The summed E-state index contributed by atoms with van der Waals surface area (Å²) in [5.74, 6) is 0.722. The predicted octanol–water partition coefficient (Wildman–Crippen LogP) is 1.55. The van der Waals surface area contributed by atoms with Crippen LogP contribution < -0.4 is 0 Å². The third-order valence-corrected chi connectivity index (χ3v) is 0. The van der Waals surface area contributed by atoms with E-state index < -0.39 is 0 Å². The van der Waals surface area contributed by atoms with Gasteiger partial charge in [-0.1, -0.05) is 6.92 Å². The van der Waals surface area contributed by atoms with E-state index in [1.807, 2.05) is 6.92 Å². The van der Waals surface area contributed by atoms with E-state index in [0.29, 0.717) is 0 Å². The van der Waals surface area contributed by atoms with Gasteiger partial charge in [0.1, 0.15) is 0 Å². The van der Waals surface area contributed by atoms with Crippen LogP contribution in [-0.2, 0) is 0 Å². The third-order valence-electron chi connectivity index (χ3n) is 0. The van der Waals surface area contributed by atoms with Crippen LogP contribution in [0.25, 0.3) is 0 Å². The lowest BCUT2D eigenvalue weighted by molar-refractivity contribution is 1.11. The van der Waals surface area contributed by atoms with Crippen molar-refractivity contribution in [2.75, 3.05) is 5.88 Å². The van der Waals surface area contributed by atoms with Gasteiger partial charge in [0.25, 0.3) is 0 Å². The van der Waals surface area contributed by atoms with Crippen LogP contribution in [0.3, 0.4) is 0 Å². The Labute approximate surface area is 34.9 Å². The van der Waals surface area contributed by atoms with E-state index in [1.165, 1.54) is 0 Å². The molecule has 0 atom stereocenters. The minimum atomic E-state index is 0. The SMILES string of the molecule is CCCl.F.F. The fraction of sp³-hybridized carbons (Fsp3) is 1.00. The first-order valence-electron chi connectivity index (χ1n) is 0.974. The van der Waals surface area contributed by atoms with Crippen molar-refractivity contribution < 1.29 is 9.41 Å². The molecule has 0 unspecified atom stereocenters. The standard InChI is InChI=1S/C2H5Cl.2FH/c1-2-3;;/h2H2,1H3;2*1H. The quantitative estimate of drug-likeness (QED) is 0.409. The van der Waals surface area contributed by atoms with Crippen LogP contribution in [0.4, 0.5) is 9.41 Å². The highest BCUT2D eigenvalue weighted by Crippen LogP contribution is 1.59. The minimum absolute atomic E-state index is 0. The fourth-order valence-electron chi connectivity index (χ4n) is 0. The zero-order chi connectivity index (χ0) is 2.71. The predicted molar refractivity (Wildman–Crippen MR) is 21.4 cm³/mol. The van der Waals surface area contributed by atoms with E-state index in [-0.39, 0.29) is 9.41 Å². The van der Waals surface area contributed by atoms with Crippen LogP contribution in [0.2, 0.25) is 0 Å². The molecule has 0 nitrogen and oxygen atoms in total. The van der Waals surface area contributed by atoms with Crippen molar-refractivity contribution in [3.05, 3.63) is 0 Å². The highest BCUT2D eigenvalue weighted by atomic mass is 35.5. The number of rotatable bonds is 0. The molecule has 0 aliphatic rings. The maximum absolute atomic E-state index is 5.00. The number of alkyl halides is 1. The topological polar surface area (TPSA) is 0 Å². The van der Waals surface area contributed by atoms with E-state index in [1.54, 1.807) is 0 Å².